The summed E-state index contributed by atoms with van der Waals surface area (Å²) in [7, 11) is -0.652. The Kier molecular flexibility index (Phi) is 5.13. The fraction of sp³-hybridized carbons (Fsp3) is 0.500. The van der Waals surface area contributed by atoms with E-state index in [0.29, 0.717) is 11.0 Å². The van der Waals surface area contributed by atoms with E-state index >= 15 is 0 Å². The lowest BCUT2D eigenvalue weighted by atomic mass is 9.77. The molecular formula is C16H20BClF3NO2. The zero-order valence-corrected chi connectivity index (χ0v) is 14.8. The van der Waals surface area contributed by atoms with Crippen molar-refractivity contribution >= 4 is 24.8 Å². The topological polar surface area (TPSA) is 44.5 Å². The van der Waals surface area contributed by atoms with Crippen LogP contribution in [0.4, 0.5) is 13.2 Å². The third-order valence-electron chi connectivity index (χ3n) is 4.44. The molecule has 0 aliphatic carbocycles. The van der Waals surface area contributed by atoms with E-state index in [1.54, 1.807) is 6.08 Å². The summed E-state index contributed by atoms with van der Waals surface area (Å²) in [6, 6.07) is 3.55. The lowest BCUT2D eigenvalue weighted by molar-refractivity contribution is -0.137. The van der Waals surface area contributed by atoms with Crippen LogP contribution in [0.3, 0.4) is 0 Å². The maximum atomic E-state index is 12.8. The molecule has 1 fully saturated rings. The van der Waals surface area contributed by atoms with E-state index in [2.05, 4.69) is 0 Å². The normalized spacial score (nSPS) is 20.5. The van der Waals surface area contributed by atoms with Crippen molar-refractivity contribution in [2.75, 3.05) is 6.54 Å². The molecule has 1 aromatic carbocycles. The Hall–Kier alpha value is -1.02. The zero-order chi connectivity index (χ0) is 18.3. The summed E-state index contributed by atoms with van der Waals surface area (Å²) < 4.78 is 50.1. The van der Waals surface area contributed by atoms with E-state index in [-0.39, 0.29) is 11.6 Å². The van der Waals surface area contributed by atoms with Gasteiger partial charge in [-0.3, -0.25) is 0 Å². The van der Waals surface area contributed by atoms with Crippen molar-refractivity contribution in [3.8, 4) is 0 Å². The molecule has 0 saturated carbocycles. The molecule has 3 nitrogen and oxygen atoms in total. The van der Waals surface area contributed by atoms with Gasteiger partial charge >= 0.3 is 13.3 Å². The molecule has 0 amide bonds. The van der Waals surface area contributed by atoms with Crippen molar-refractivity contribution in [1.82, 2.24) is 0 Å². The number of hydrogen-bond acceptors (Lipinski definition) is 3. The van der Waals surface area contributed by atoms with Crippen molar-refractivity contribution in [3.63, 3.8) is 0 Å². The summed E-state index contributed by atoms with van der Waals surface area (Å²) in [4.78, 5) is 0. The summed E-state index contributed by atoms with van der Waals surface area (Å²) in [5.41, 5.74) is 4.99. The second kappa shape index (κ2) is 6.37. The highest BCUT2D eigenvalue weighted by molar-refractivity contribution is 6.55. The molecule has 8 heteroatoms. The molecule has 0 bridgehead atoms. The van der Waals surface area contributed by atoms with Gasteiger partial charge in [-0.1, -0.05) is 23.7 Å². The van der Waals surface area contributed by atoms with Gasteiger partial charge in [-0.15, -0.1) is 0 Å². The second-order valence-corrected chi connectivity index (χ2v) is 7.16. The van der Waals surface area contributed by atoms with E-state index in [1.807, 2.05) is 27.7 Å². The van der Waals surface area contributed by atoms with E-state index in [9.17, 15) is 13.2 Å². The Labute approximate surface area is 145 Å². The molecule has 0 unspecified atom stereocenters. The van der Waals surface area contributed by atoms with Crippen molar-refractivity contribution in [2.24, 2.45) is 5.73 Å². The van der Waals surface area contributed by atoms with Crippen molar-refractivity contribution in [1.29, 1.82) is 0 Å². The monoisotopic (exact) mass is 361 g/mol. The van der Waals surface area contributed by atoms with E-state index in [0.717, 1.165) is 6.07 Å². The van der Waals surface area contributed by atoms with Crippen LogP contribution in [0.5, 0.6) is 0 Å². The quantitative estimate of drug-likeness (QED) is 0.815. The average Bonchev–Trinajstić information content (AvgIpc) is 2.63. The molecule has 0 atom stereocenters. The largest absolute Gasteiger partial charge is 0.491 e. The highest BCUT2D eigenvalue weighted by Crippen LogP contribution is 2.39. The lowest BCUT2D eigenvalue weighted by Gasteiger charge is -2.32. The minimum Gasteiger partial charge on any atom is -0.400 e. The summed E-state index contributed by atoms with van der Waals surface area (Å²) in [6.45, 7) is 7.80. The van der Waals surface area contributed by atoms with Crippen LogP contribution in [-0.4, -0.2) is 24.9 Å². The first-order valence-corrected chi connectivity index (χ1v) is 7.88. The Bertz CT molecular complexity index is 643. The standard InChI is InChI=1S/C16H20BClF3NO2/c1-14(2)15(3,4)24-17(23-14)11(9-22)7-10-5-6-12(13(18)8-10)16(19,20)21/h5-8H,9,22H2,1-4H3. The SMILES string of the molecule is CC1(C)OB(C(=Cc2ccc(C(F)(F)F)c(Cl)c2)CN)OC1(C)C. The number of nitrogens with two attached hydrogens (primary N) is 1. The molecule has 0 aromatic heterocycles. The van der Waals surface area contributed by atoms with Gasteiger partial charge in [0.15, 0.2) is 0 Å². The number of alkyl halides is 3. The average molecular weight is 362 g/mol. The van der Waals surface area contributed by atoms with Gasteiger partial charge in [0.05, 0.1) is 21.8 Å². The fourth-order valence-corrected chi connectivity index (χ4v) is 2.58. The smallest absolute Gasteiger partial charge is 0.400 e. The van der Waals surface area contributed by atoms with Crippen molar-refractivity contribution in [2.45, 2.75) is 45.1 Å². The molecule has 2 rings (SSSR count). The molecule has 1 saturated heterocycles. The zero-order valence-electron chi connectivity index (χ0n) is 14.0. The predicted octanol–water partition coefficient (Wildman–Crippen LogP) is 4.33. The van der Waals surface area contributed by atoms with Gasteiger partial charge in [0, 0.05) is 6.54 Å². The van der Waals surface area contributed by atoms with Gasteiger partial charge in [0.2, 0.25) is 0 Å². The van der Waals surface area contributed by atoms with E-state index < -0.39 is 30.1 Å². The van der Waals surface area contributed by atoms with Crippen molar-refractivity contribution < 1.29 is 22.5 Å². The molecule has 2 N–H and O–H groups in total. The highest BCUT2D eigenvalue weighted by atomic mass is 35.5. The van der Waals surface area contributed by atoms with E-state index in [1.165, 1.54) is 12.1 Å². The minimum absolute atomic E-state index is 0.148. The van der Waals surface area contributed by atoms with Gasteiger partial charge in [0.25, 0.3) is 0 Å². The summed E-state index contributed by atoms with van der Waals surface area (Å²) in [6.07, 6.45) is -2.84. The molecular weight excluding hydrogens is 341 g/mol. The second-order valence-electron chi connectivity index (χ2n) is 6.75. The first kappa shape index (κ1) is 19.3. The maximum absolute atomic E-state index is 12.8. The lowest BCUT2D eigenvalue weighted by Crippen LogP contribution is -2.41. The van der Waals surface area contributed by atoms with Crippen LogP contribution in [0.25, 0.3) is 6.08 Å². The van der Waals surface area contributed by atoms with Crippen LogP contribution in [0.2, 0.25) is 5.02 Å². The van der Waals surface area contributed by atoms with Gasteiger partial charge in [0.1, 0.15) is 0 Å². The molecule has 0 radical (unpaired) electrons. The summed E-state index contributed by atoms with van der Waals surface area (Å²) >= 11 is 5.75. The first-order valence-electron chi connectivity index (χ1n) is 7.50. The molecule has 0 spiro atoms. The van der Waals surface area contributed by atoms with Crippen LogP contribution in [0, 0.1) is 0 Å². The van der Waals surface area contributed by atoms with Crippen molar-refractivity contribution in [3.05, 3.63) is 39.8 Å². The summed E-state index contributed by atoms with van der Waals surface area (Å²) in [5.74, 6) is 0. The molecule has 24 heavy (non-hydrogen) atoms. The number of halogens is 4. The third kappa shape index (κ3) is 3.80. The molecule has 1 heterocycles. The van der Waals surface area contributed by atoms with Gasteiger partial charge in [-0.2, -0.15) is 13.2 Å². The third-order valence-corrected chi connectivity index (χ3v) is 4.76. The van der Waals surface area contributed by atoms with Crippen LogP contribution in [-0.2, 0) is 15.5 Å². The number of hydrogen-bond donors (Lipinski definition) is 1. The van der Waals surface area contributed by atoms with Gasteiger partial charge in [-0.05, 0) is 50.9 Å². The minimum atomic E-state index is -4.48. The predicted molar refractivity (Wildman–Crippen MR) is 89.6 cm³/mol. The van der Waals surface area contributed by atoms with Crippen LogP contribution >= 0.6 is 11.6 Å². The molecule has 1 aliphatic rings. The Morgan fingerprint density at radius 1 is 1.21 bits per heavy atom. The number of benzene rings is 1. The highest BCUT2D eigenvalue weighted by Gasteiger charge is 2.52. The van der Waals surface area contributed by atoms with Crippen LogP contribution < -0.4 is 5.73 Å². The first-order chi connectivity index (χ1) is 10.9. The maximum Gasteiger partial charge on any atom is 0.491 e. The number of rotatable bonds is 3. The molecule has 132 valence electrons. The van der Waals surface area contributed by atoms with Gasteiger partial charge in [-0.25, -0.2) is 0 Å². The van der Waals surface area contributed by atoms with Crippen LogP contribution in [0.1, 0.15) is 38.8 Å². The van der Waals surface area contributed by atoms with Crippen LogP contribution in [0.15, 0.2) is 23.7 Å². The Morgan fingerprint density at radius 2 is 1.75 bits per heavy atom. The molecule has 1 aliphatic heterocycles. The fourth-order valence-electron chi connectivity index (χ4n) is 2.28. The summed E-state index contributed by atoms with van der Waals surface area (Å²) in [5, 5.41) is -0.360. The van der Waals surface area contributed by atoms with E-state index in [4.69, 9.17) is 26.6 Å². The van der Waals surface area contributed by atoms with Gasteiger partial charge < -0.3 is 15.0 Å². The Morgan fingerprint density at radius 3 is 2.17 bits per heavy atom. The molecule has 1 aromatic rings. The Balaban J connectivity index is 2.31.